The first-order chi connectivity index (χ1) is 18.3. The van der Waals surface area contributed by atoms with Crippen molar-refractivity contribution >= 4 is 5.97 Å². The van der Waals surface area contributed by atoms with Crippen molar-refractivity contribution in [3.05, 3.63) is 0 Å². The lowest BCUT2D eigenvalue weighted by Gasteiger charge is -2.08. The molecule has 37 heavy (non-hydrogen) atoms. The molecule has 0 fully saturated rings. The van der Waals surface area contributed by atoms with Crippen LogP contribution >= 0.6 is 0 Å². The number of carbonyl (C=O) groups is 1. The molecule has 8 nitrogen and oxygen atoms in total. The molecule has 0 atom stereocenters. The third-order valence-electron chi connectivity index (χ3n) is 5.73. The minimum atomic E-state index is -0.129. The maximum absolute atomic E-state index is 11.7. The molecule has 0 aromatic rings. The maximum Gasteiger partial charge on any atom is 0.305 e. The summed E-state index contributed by atoms with van der Waals surface area (Å²) in [5.74, 6) is -0.129. The Hall–Kier alpha value is -0.770. The minimum Gasteiger partial charge on any atom is -0.463 e. The molecular formula is C29H58O8. The van der Waals surface area contributed by atoms with Gasteiger partial charge in [-0.05, 0) is 12.8 Å². The second-order valence-electron chi connectivity index (χ2n) is 9.18. The zero-order valence-corrected chi connectivity index (χ0v) is 24.2. The third-order valence-corrected chi connectivity index (χ3v) is 5.73. The number of rotatable bonds is 32. The van der Waals surface area contributed by atoms with E-state index in [9.17, 15) is 4.79 Å². The van der Waals surface area contributed by atoms with E-state index >= 15 is 0 Å². The zero-order chi connectivity index (χ0) is 26.9. The van der Waals surface area contributed by atoms with Crippen LogP contribution in [-0.2, 0) is 38.0 Å². The molecule has 0 radical (unpaired) electrons. The Kier molecular flexibility index (Phi) is 32.6. The number of carbonyl (C=O) groups excluding carboxylic acids is 1. The Labute approximate surface area is 227 Å². The topological polar surface area (TPSA) is 81.7 Å². The standard InChI is InChI=1S/C29H58O8/c1-3-5-7-9-10-11-13-15-29(30)37-28-27-36-26-25-35-24-23-34-22-21-33-20-19-32-18-17-31-16-14-12-8-6-4-2/h3-28H2,1-2H3. The number of unbranched alkanes of at least 4 members (excludes halogenated alkanes) is 10. The molecule has 0 saturated heterocycles. The van der Waals surface area contributed by atoms with Gasteiger partial charge in [-0.25, -0.2) is 0 Å². The van der Waals surface area contributed by atoms with E-state index in [1.54, 1.807) is 0 Å². The molecule has 8 heteroatoms. The highest BCUT2D eigenvalue weighted by Crippen LogP contribution is 2.08. The van der Waals surface area contributed by atoms with Crippen molar-refractivity contribution in [3.63, 3.8) is 0 Å². The molecule has 0 aliphatic carbocycles. The SMILES string of the molecule is CCCCCCCCCC(=O)OCCOCCOCCOCCOCCOCCOCCCCCCC. The second kappa shape index (κ2) is 33.3. The molecule has 0 aromatic heterocycles. The molecule has 0 bridgehead atoms. The first kappa shape index (κ1) is 36.2. The average molecular weight is 535 g/mol. The van der Waals surface area contributed by atoms with E-state index in [0.717, 1.165) is 25.9 Å². The Bertz CT molecular complexity index is 436. The third kappa shape index (κ3) is 33.2. The van der Waals surface area contributed by atoms with Gasteiger partial charge < -0.3 is 33.2 Å². The molecule has 0 rings (SSSR count). The summed E-state index contributed by atoms with van der Waals surface area (Å²) >= 11 is 0. The van der Waals surface area contributed by atoms with Crippen LogP contribution in [0.3, 0.4) is 0 Å². The van der Waals surface area contributed by atoms with Gasteiger partial charge in [-0.15, -0.1) is 0 Å². The number of ether oxygens (including phenoxy) is 7. The number of hydrogen-bond acceptors (Lipinski definition) is 8. The molecule has 0 aliphatic heterocycles. The van der Waals surface area contributed by atoms with Gasteiger partial charge in [0.15, 0.2) is 0 Å². The maximum atomic E-state index is 11.7. The van der Waals surface area contributed by atoms with Crippen LogP contribution in [0.1, 0.15) is 97.3 Å². The van der Waals surface area contributed by atoms with Crippen LogP contribution in [0.2, 0.25) is 0 Å². The Morgan fingerprint density at radius 2 is 0.703 bits per heavy atom. The van der Waals surface area contributed by atoms with E-state index in [1.807, 2.05) is 0 Å². The van der Waals surface area contributed by atoms with Gasteiger partial charge in [0.2, 0.25) is 0 Å². The summed E-state index contributed by atoms with van der Waals surface area (Å²) < 4.78 is 38.0. The largest absolute Gasteiger partial charge is 0.463 e. The van der Waals surface area contributed by atoms with E-state index in [0.29, 0.717) is 85.7 Å². The molecule has 0 aliphatic rings. The summed E-state index contributed by atoms with van der Waals surface area (Å²) in [5.41, 5.74) is 0. The van der Waals surface area contributed by atoms with E-state index < -0.39 is 0 Å². The summed E-state index contributed by atoms with van der Waals surface area (Å²) in [4.78, 5) is 11.7. The zero-order valence-electron chi connectivity index (χ0n) is 24.2. The van der Waals surface area contributed by atoms with Crippen LogP contribution in [0.5, 0.6) is 0 Å². The molecule has 0 unspecified atom stereocenters. The lowest BCUT2D eigenvalue weighted by atomic mass is 10.1. The summed E-state index contributed by atoms with van der Waals surface area (Å²) in [6, 6.07) is 0. The normalized spacial score (nSPS) is 11.3. The summed E-state index contributed by atoms with van der Waals surface area (Å²) in [5, 5.41) is 0. The Morgan fingerprint density at radius 3 is 1.14 bits per heavy atom. The highest BCUT2D eigenvalue weighted by molar-refractivity contribution is 5.69. The average Bonchev–Trinajstić information content (AvgIpc) is 2.90. The van der Waals surface area contributed by atoms with Crippen LogP contribution in [0.15, 0.2) is 0 Å². The Morgan fingerprint density at radius 1 is 0.378 bits per heavy atom. The summed E-state index contributed by atoms with van der Waals surface area (Å²) in [6.07, 6.45) is 15.2. The monoisotopic (exact) mass is 534 g/mol. The first-order valence-electron chi connectivity index (χ1n) is 14.9. The van der Waals surface area contributed by atoms with E-state index in [2.05, 4.69) is 13.8 Å². The van der Waals surface area contributed by atoms with Gasteiger partial charge in [-0.3, -0.25) is 4.79 Å². The van der Waals surface area contributed by atoms with Crippen LogP contribution in [-0.4, -0.2) is 91.9 Å². The van der Waals surface area contributed by atoms with Crippen molar-refractivity contribution in [2.75, 3.05) is 85.9 Å². The van der Waals surface area contributed by atoms with Crippen molar-refractivity contribution in [1.29, 1.82) is 0 Å². The van der Waals surface area contributed by atoms with Gasteiger partial charge in [0.25, 0.3) is 0 Å². The van der Waals surface area contributed by atoms with Crippen molar-refractivity contribution in [2.24, 2.45) is 0 Å². The lowest BCUT2D eigenvalue weighted by Crippen LogP contribution is -2.15. The summed E-state index contributed by atoms with van der Waals surface area (Å²) in [7, 11) is 0. The molecule has 0 heterocycles. The van der Waals surface area contributed by atoms with Crippen LogP contribution in [0, 0.1) is 0 Å². The highest BCUT2D eigenvalue weighted by atomic mass is 16.6. The fourth-order valence-corrected chi connectivity index (χ4v) is 3.52. The number of esters is 1. The lowest BCUT2D eigenvalue weighted by molar-refractivity contribution is -0.145. The van der Waals surface area contributed by atoms with Crippen LogP contribution in [0.4, 0.5) is 0 Å². The van der Waals surface area contributed by atoms with E-state index in [1.165, 1.54) is 57.8 Å². The molecular weight excluding hydrogens is 476 g/mol. The molecule has 0 saturated carbocycles. The smallest absolute Gasteiger partial charge is 0.305 e. The minimum absolute atomic E-state index is 0.129. The number of hydrogen-bond donors (Lipinski definition) is 0. The molecule has 0 amide bonds. The predicted molar refractivity (Wildman–Crippen MR) is 147 cm³/mol. The van der Waals surface area contributed by atoms with Crippen molar-refractivity contribution in [1.82, 2.24) is 0 Å². The van der Waals surface area contributed by atoms with Crippen LogP contribution in [0.25, 0.3) is 0 Å². The molecule has 0 N–H and O–H groups in total. The van der Waals surface area contributed by atoms with Gasteiger partial charge >= 0.3 is 5.97 Å². The summed E-state index contributed by atoms with van der Waals surface area (Å²) in [6.45, 7) is 11.4. The van der Waals surface area contributed by atoms with Crippen LogP contribution < -0.4 is 0 Å². The first-order valence-corrected chi connectivity index (χ1v) is 14.9. The molecule has 0 spiro atoms. The van der Waals surface area contributed by atoms with Gasteiger partial charge in [0, 0.05) is 13.0 Å². The van der Waals surface area contributed by atoms with Gasteiger partial charge in [0.1, 0.15) is 6.61 Å². The fourth-order valence-electron chi connectivity index (χ4n) is 3.52. The van der Waals surface area contributed by atoms with Crippen molar-refractivity contribution in [2.45, 2.75) is 97.3 Å². The quantitative estimate of drug-likeness (QED) is 0.0798. The predicted octanol–water partition coefficient (Wildman–Crippen LogP) is 5.74. The molecule has 222 valence electrons. The van der Waals surface area contributed by atoms with E-state index in [-0.39, 0.29) is 5.97 Å². The van der Waals surface area contributed by atoms with Crippen molar-refractivity contribution in [3.8, 4) is 0 Å². The fraction of sp³-hybridized carbons (Fsp3) is 0.966. The van der Waals surface area contributed by atoms with E-state index in [4.69, 9.17) is 33.2 Å². The van der Waals surface area contributed by atoms with Gasteiger partial charge in [-0.1, -0.05) is 78.1 Å². The Balaban J connectivity index is 3.10. The second-order valence-corrected chi connectivity index (χ2v) is 9.18. The van der Waals surface area contributed by atoms with Gasteiger partial charge in [-0.2, -0.15) is 0 Å². The van der Waals surface area contributed by atoms with Gasteiger partial charge in [0.05, 0.1) is 72.7 Å². The highest BCUT2D eigenvalue weighted by Gasteiger charge is 2.02. The van der Waals surface area contributed by atoms with Crippen molar-refractivity contribution < 1.29 is 38.0 Å². The molecule has 0 aromatic carbocycles.